The first kappa shape index (κ1) is 14.4. The molecule has 1 aliphatic carbocycles. The molecule has 1 N–H and O–H groups in total. The lowest BCUT2D eigenvalue weighted by molar-refractivity contribution is 0.185. The molecule has 0 bridgehead atoms. The molecule has 21 heavy (non-hydrogen) atoms. The lowest BCUT2D eigenvalue weighted by Gasteiger charge is -2.37. The van der Waals surface area contributed by atoms with Gasteiger partial charge in [-0.15, -0.1) is 0 Å². The van der Waals surface area contributed by atoms with Crippen LogP contribution in [0, 0.1) is 0 Å². The van der Waals surface area contributed by atoms with E-state index in [4.69, 9.17) is 16.3 Å². The summed E-state index contributed by atoms with van der Waals surface area (Å²) in [5.41, 5.74) is 3.76. The zero-order valence-electron chi connectivity index (χ0n) is 12.2. The Kier molecular flexibility index (Phi) is 4.47. The summed E-state index contributed by atoms with van der Waals surface area (Å²) < 4.78 is 5.25. The number of para-hydroxylation sites is 1. The third-order valence-corrected chi connectivity index (χ3v) is 4.37. The molecule has 1 aliphatic rings. The van der Waals surface area contributed by atoms with Crippen LogP contribution in [0.4, 0.5) is 5.69 Å². The van der Waals surface area contributed by atoms with Gasteiger partial charge in [-0.05, 0) is 42.5 Å². The average molecular weight is 302 g/mol. The van der Waals surface area contributed by atoms with E-state index in [1.54, 1.807) is 7.11 Å². The van der Waals surface area contributed by atoms with Gasteiger partial charge in [0, 0.05) is 29.4 Å². The van der Waals surface area contributed by atoms with Crippen molar-refractivity contribution in [3.05, 3.63) is 64.7 Å². The van der Waals surface area contributed by atoms with Crippen LogP contribution in [0.1, 0.15) is 29.9 Å². The van der Waals surface area contributed by atoms with Crippen molar-refractivity contribution in [1.82, 2.24) is 0 Å². The number of hydrogen-bond acceptors (Lipinski definition) is 2. The second kappa shape index (κ2) is 6.50. The van der Waals surface area contributed by atoms with E-state index < -0.39 is 0 Å². The second-order valence-electron chi connectivity index (χ2n) is 5.65. The molecule has 0 spiro atoms. The maximum absolute atomic E-state index is 6.06. The van der Waals surface area contributed by atoms with Crippen LogP contribution >= 0.6 is 11.6 Å². The fourth-order valence-corrected chi connectivity index (χ4v) is 3.13. The van der Waals surface area contributed by atoms with Gasteiger partial charge in [-0.1, -0.05) is 41.9 Å². The molecular weight excluding hydrogens is 282 g/mol. The van der Waals surface area contributed by atoms with Crippen molar-refractivity contribution >= 4 is 17.3 Å². The van der Waals surface area contributed by atoms with Crippen molar-refractivity contribution < 1.29 is 4.74 Å². The molecule has 3 heteroatoms. The van der Waals surface area contributed by atoms with Crippen LogP contribution in [-0.4, -0.2) is 13.2 Å². The Morgan fingerprint density at radius 3 is 2.71 bits per heavy atom. The smallest absolute Gasteiger partial charge is 0.0733 e. The average Bonchev–Trinajstić information content (AvgIpc) is 2.44. The highest BCUT2D eigenvalue weighted by molar-refractivity contribution is 6.30. The fourth-order valence-electron chi connectivity index (χ4n) is 2.93. The lowest BCUT2D eigenvalue weighted by atomic mass is 9.76. The van der Waals surface area contributed by atoms with Crippen LogP contribution in [-0.2, 0) is 11.3 Å². The Balaban J connectivity index is 1.60. The second-order valence-corrected chi connectivity index (χ2v) is 6.09. The molecule has 0 saturated heterocycles. The van der Waals surface area contributed by atoms with Crippen LogP contribution in [0.5, 0.6) is 0 Å². The first-order valence-electron chi connectivity index (χ1n) is 7.35. The van der Waals surface area contributed by atoms with Crippen molar-refractivity contribution in [3.8, 4) is 0 Å². The number of methoxy groups -OCH3 is 1. The Morgan fingerprint density at radius 1 is 1.14 bits per heavy atom. The van der Waals surface area contributed by atoms with E-state index in [1.165, 1.54) is 16.8 Å². The van der Waals surface area contributed by atoms with Crippen molar-refractivity contribution in [2.45, 2.75) is 31.4 Å². The summed E-state index contributed by atoms with van der Waals surface area (Å²) >= 11 is 6.06. The highest BCUT2D eigenvalue weighted by atomic mass is 35.5. The minimum Gasteiger partial charge on any atom is -0.382 e. The van der Waals surface area contributed by atoms with Gasteiger partial charge in [0.15, 0.2) is 0 Å². The molecule has 2 aromatic rings. The molecule has 2 aromatic carbocycles. The highest BCUT2D eigenvalue weighted by Gasteiger charge is 2.30. The topological polar surface area (TPSA) is 21.3 Å². The first-order chi connectivity index (χ1) is 10.3. The van der Waals surface area contributed by atoms with Gasteiger partial charge in [0.1, 0.15) is 0 Å². The molecular formula is C18H20ClNO. The standard InChI is InChI=1S/C18H20ClNO/c1-21-12-14-5-2-3-8-18(14)20-17-10-15(11-17)13-6-4-7-16(19)9-13/h2-9,15,17,20H,10-12H2,1H3. The number of hydrogen-bond donors (Lipinski definition) is 1. The summed E-state index contributed by atoms with van der Waals surface area (Å²) in [6.07, 6.45) is 2.31. The third-order valence-electron chi connectivity index (χ3n) is 4.13. The zero-order valence-corrected chi connectivity index (χ0v) is 12.9. The summed E-state index contributed by atoms with van der Waals surface area (Å²) in [5, 5.41) is 4.46. The van der Waals surface area contributed by atoms with Gasteiger partial charge in [-0.3, -0.25) is 0 Å². The van der Waals surface area contributed by atoms with E-state index in [1.807, 2.05) is 12.1 Å². The Bertz CT molecular complexity index is 608. The molecule has 1 fully saturated rings. The van der Waals surface area contributed by atoms with Crippen LogP contribution in [0.3, 0.4) is 0 Å². The molecule has 0 aliphatic heterocycles. The molecule has 2 nitrogen and oxygen atoms in total. The first-order valence-corrected chi connectivity index (χ1v) is 7.73. The molecule has 0 amide bonds. The van der Waals surface area contributed by atoms with E-state index in [0.29, 0.717) is 18.6 Å². The van der Waals surface area contributed by atoms with Gasteiger partial charge in [0.05, 0.1) is 6.61 Å². The number of rotatable bonds is 5. The van der Waals surface area contributed by atoms with E-state index in [2.05, 4.69) is 41.7 Å². The summed E-state index contributed by atoms with van der Waals surface area (Å²) in [7, 11) is 1.73. The van der Waals surface area contributed by atoms with Gasteiger partial charge >= 0.3 is 0 Å². The third kappa shape index (κ3) is 3.39. The van der Waals surface area contributed by atoms with Gasteiger partial charge in [-0.2, -0.15) is 0 Å². The van der Waals surface area contributed by atoms with Crippen LogP contribution < -0.4 is 5.32 Å². The molecule has 3 rings (SSSR count). The Morgan fingerprint density at radius 2 is 1.95 bits per heavy atom. The molecule has 1 saturated carbocycles. The maximum Gasteiger partial charge on any atom is 0.0733 e. The SMILES string of the molecule is COCc1ccccc1NC1CC(c2cccc(Cl)c2)C1. The minimum atomic E-state index is 0.534. The molecule has 0 heterocycles. The molecule has 0 aromatic heterocycles. The number of halogens is 1. The fraction of sp³-hybridized carbons (Fsp3) is 0.333. The quantitative estimate of drug-likeness (QED) is 0.853. The van der Waals surface area contributed by atoms with Crippen LogP contribution in [0.25, 0.3) is 0 Å². The summed E-state index contributed by atoms with van der Waals surface area (Å²) in [4.78, 5) is 0. The Labute approximate surface area is 131 Å². The van der Waals surface area contributed by atoms with Crippen LogP contribution in [0.15, 0.2) is 48.5 Å². The number of benzene rings is 2. The van der Waals surface area contributed by atoms with Crippen molar-refractivity contribution in [2.24, 2.45) is 0 Å². The molecule has 0 atom stereocenters. The highest BCUT2D eigenvalue weighted by Crippen LogP contribution is 2.39. The summed E-state index contributed by atoms with van der Waals surface area (Å²) in [5.74, 6) is 0.621. The normalized spacial score (nSPS) is 20.9. The maximum atomic E-state index is 6.06. The predicted octanol–water partition coefficient (Wildman–Crippen LogP) is 4.84. The minimum absolute atomic E-state index is 0.534. The van der Waals surface area contributed by atoms with E-state index >= 15 is 0 Å². The summed E-state index contributed by atoms with van der Waals surface area (Å²) in [6, 6.07) is 17.1. The van der Waals surface area contributed by atoms with E-state index in [9.17, 15) is 0 Å². The van der Waals surface area contributed by atoms with Gasteiger partial charge < -0.3 is 10.1 Å². The molecule has 0 radical (unpaired) electrons. The predicted molar refractivity (Wildman–Crippen MR) is 88.0 cm³/mol. The van der Waals surface area contributed by atoms with Crippen molar-refractivity contribution in [1.29, 1.82) is 0 Å². The van der Waals surface area contributed by atoms with Crippen LogP contribution in [0.2, 0.25) is 5.02 Å². The lowest BCUT2D eigenvalue weighted by Crippen LogP contribution is -2.34. The number of nitrogens with one attached hydrogen (secondary N) is 1. The van der Waals surface area contributed by atoms with Gasteiger partial charge in [-0.25, -0.2) is 0 Å². The number of anilines is 1. The summed E-state index contributed by atoms with van der Waals surface area (Å²) in [6.45, 7) is 0.646. The number of ether oxygens (including phenoxy) is 1. The largest absolute Gasteiger partial charge is 0.382 e. The Hall–Kier alpha value is -1.51. The monoisotopic (exact) mass is 301 g/mol. The van der Waals surface area contributed by atoms with Crippen molar-refractivity contribution in [3.63, 3.8) is 0 Å². The zero-order chi connectivity index (χ0) is 14.7. The van der Waals surface area contributed by atoms with Gasteiger partial charge in [0.2, 0.25) is 0 Å². The van der Waals surface area contributed by atoms with Crippen molar-refractivity contribution in [2.75, 3.05) is 12.4 Å². The van der Waals surface area contributed by atoms with Gasteiger partial charge in [0.25, 0.3) is 0 Å². The van der Waals surface area contributed by atoms with E-state index in [0.717, 1.165) is 17.9 Å². The molecule has 110 valence electrons. The molecule has 0 unspecified atom stereocenters. The van der Waals surface area contributed by atoms with E-state index in [-0.39, 0.29) is 0 Å².